The Morgan fingerprint density at radius 2 is 1.96 bits per heavy atom. The van der Waals surface area contributed by atoms with Crippen LogP contribution in [-0.4, -0.2) is 26.7 Å². The molecule has 0 spiro atoms. The van der Waals surface area contributed by atoms with Crippen LogP contribution in [0.4, 0.5) is 0 Å². The Labute approximate surface area is 163 Å². The zero-order valence-electron chi connectivity index (χ0n) is 14.0. The monoisotopic (exact) mass is 399 g/mol. The molecule has 1 N–H and O–H groups in total. The summed E-state index contributed by atoms with van der Waals surface area (Å²) in [6, 6.07) is 14.7. The Kier molecular flexibility index (Phi) is 5.13. The molecule has 0 aliphatic rings. The van der Waals surface area contributed by atoms with E-state index >= 15 is 0 Å². The second-order valence-electron chi connectivity index (χ2n) is 5.66. The number of ketones is 1. The van der Waals surface area contributed by atoms with Crippen molar-refractivity contribution in [1.82, 2.24) is 15.2 Å². The lowest BCUT2D eigenvalue weighted by atomic mass is 10.1. The summed E-state index contributed by atoms with van der Waals surface area (Å²) in [5.74, 6) is 1.20. The molecule has 2 aromatic carbocycles. The highest BCUT2D eigenvalue weighted by atomic mass is 35.5. The third-order valence-corrected chi connectivity index (χ3v) is 4.91. The van der Waals surface area contributed by atoms with Gasteiger partial charge in [-0.3, -0.25) is 4.79 Å². The zero-order chi connectivity index (χ0) is 18.6. The van der Waals surface area contributed by atoms with Crippen LogP contribution in [0.2, 0.25) is 5.02 Å². The van der Waals surface area contributed by atoms with Crippen LogP contribution in [0.5, 0.6) is 5.75 Å². The van der Waals surface area contributed by atoms with Crippen molar-refractivity contribution in [3.8, 4) is 5.75 Å². The second-order valence-corrected chi connectivity index (χ2v) is 7.03. The number of nitrogens with one attached hydrogen (secondary N) is 1. The SMILES string of the molecule is O=C(CSc1nnc(COc2ccc(Cl)cc2)o1)c1c[nH]c2ccccc12. The van der Waals surface area contributed by atoms with E-state index in [0.29, 0.717) is 27.4 Å². The van der Waals surface area contributed by atoms with Gasteiger partial charge in [-0.05, 0) is 30.3 Å². The Morgan fingerprint density at radius 3 is 2.81 bits per heavy atom. The number of hydrogen-bond donors (Lipinski definition) is 1. The molecule has 136 valence electrons. The number of hydrogen-bond acceptors (Lipinski definition) is 6. The van der Waals surface area contributed by atoms with E-state index in [2.05, 4.69) is 15.2 Å². The normalized spacial score (nSPS) is 11.0. The molecule has 0 amide bonds. The van der Waals surface area contributed by atoms with Gasteiger partial charge >= 0.3 is 0 Å². The fourth-order valence-corrected chi connectivity index (χ4v) is 3.33. The maximum absolute atomic E-state index is 12.5. The third kappa shape index (κ3) is 4.15. The van der Waals surface area contributed by atoms with E-state index in [-0.39, 0.29) is 18.1 Å². The highest BCUT2D eigenvalue weighted by Gasteiger charge is 2.15. The minimum Gasteiger partial charge on any atom is -0.484 e. The van der Waals surface area contributed by atoms with Gasteiger partial charge in [0.2, 0.25) is 0 Å². The number of H-pyrrole nitrogens is 1. The van der Waals surface area contributed by atoms with Gasteiger partial charge in [-0.1, -0.05) is 41.6 Å². The highest BCUT2D eigenvalue weighted by molar-refractivity contribution is 7.99. The van der Waals surface area contributed by atoms with Crippen molar-refractivity contribution < 1.29 is 13.9 Å². The first-order valence-electron chi connectivity index (χ1n) is 8.12. The van der Waals surface area contributed by atoms with Crippen molar-refractivity contribution in [2.45, 2.75) is 11.8 Å². The zero-order valence-corrected chi connectivity index (χ0v) is 15.6. The number of nitrogens with zero attached hydrogens (tertiary/aromatic N) is 2. The number of carbonyl (C=O) groups excluding carboxylic acids is 1. The predicted octanol–water partition coefficient (Wildman–Crippen LogP) is 4.76. The van der Waals surface area contributed by atoms with E-state index in [0.717, 1.165) is 10.9 Å². The van der Waals surface area contributed by atoms with E-state index in [1.165, 1.54) is 11.8 Å². The van der Waals surface area contributed by atoms with Gasteiger partial charge in [-0.15, -0.1) is 10.2 Å². The summed E-state index contributed by atoms with van der Waals surface area (Å²) in [5, 5.41) is 9.75. The summed E-state index contributed by atoms with van der Waals surface area (Å²) in [7, 11) is 0. The van der Waals surface area contributed by atoms with Gasteiger partial charge in [0.1, 0.15) is 5.75 Å². The molecule has 0 aliphatic carbocycles. The summed E-state index contributed by atoms with van der Waals surface area (Å²) in [5.41, 5.74) is 1.59. The molecule has 0 saturated carbocycles. The summed E-state index contributed by atoms with van der Waals surface area (Å²) < 4.78 is 11.1. The molecule has 0 unspecified atom stereocenters. The van der Waals surface area contributed by atoms with Crippen molar-refractivity contribution in [2.24, 2.45) is 0 Å². The van der Waals surface area contributed by atoms with Crippen LogP contribution in [0.1, 0.15) is 16.2 Å². The number of rotatable bonds is 7. The van der Waals surface area contributed by atoms with Gasteiger partial charge in [0.05, 0.1) is 5.75 Å². The molecule has 0 radical (unpaired) electrons. The minimum atomic E-state index is -0.00499. The fourth-order valence-electron chi connectivity index (χ4n) is 2.54. The summed E-state index contributed by atoms with van der Waals surface area (Å²) >= 11 is 7.04. The highest BCUT2D eigenvalue weighted by Crippen LogP contribution is 2.23. The van der Waals surface area contributed by atoms with Crippen LogP contribution in [0, 0.1) is 0 Å². The van der Waals surface area contributed by atoms with Gasteiger partial charge < -0.3 is 14.1 Å². The van der Waals surface area contributed by atoms with Crippen LogP contribution in [0.15, 0.2) is 64.4 Å². The van der Waals surface area contributed by atoms with Crippen LogP contribution >= 0.6 is 23.4 Å². The van der Waals surface area contributed by atoms with Crippen molar-refractivity contribution >= 4 is 40.0 Å². The van der Waals surface area contributed by atoms with Gasteiger partial charge in [-0.25, -0.2) is 0 Å². The van der Waals surface area contributed by atoms with Gasteiger partial charge in [-0.2, -0.15) is 0 Å². The summed E-state index contributed by atoms with van der Waals surface area (Å²) in [6.07, 6.45) is 1.73. The number of para-hydroxylation sites is 1. The number of carbonyl (C=O) groups is 1. The topological polar surface area (TPSA) is 81.0 Å². The maximum Gasteiger partial charge on any atom is 0.277 e. The predicted molar refractivity (Wildman–Crippen MR) is 103 cm³/mol. The number of aromatic amines is 1. The first-order chi connectivity index (χ1) is 13.2. The van der Waals surface area contributed by atoms with Crippen LogP contribution in [0.25, 0.3) is 10.9 Å². The fraction of sp³-hybridized carbons (Fsp3) is 0.105. The summed E-state index contributed by atoms with van der Waals surface area (Å²) in [6.45, 7) is 0.144. The molecular formula is C19H14ClN3O3S. The molecule has 2 aromatic heterocycles. The molecule has 27 heavy (non-hydrogen) atoms. The average Bonchev–Trinajstić information content (AvgIpc) is 3.32. The number of fused-ring (bicyclic) bond motifs is 1. The Bertz CT molecular complexity index is 1080. The van der Waals surface area contributed by atoms with Crippen LogP contribution in [-0.2, 0) is 6.61 Å². The van der Waals surface area contributed by atoms with E-state index in [4.69, 9.17) is 20.8 Å². The lowest BCUT2D eigenvalue weighted by Gasteiger charge is -2.02. The molecule has 0 bridgehead atoms. The Morgan fingerprint density at radius 1 is 1.15 bits per heavy atom. The van der Waals surface area contributed by atoms with Crippen LogP contribution < -0.4 is 4.74 Å². The lowest BCUT2D eigenvalue weighted by molar-refractivity contribution is 0.102. The molecule has 0 atom stereocenters. The smallest absolute Gasteiger partial charge is 0.277 e. The number of Topliss-reactive ketones (excluding diaryl/α,β-unsaturated/α-hetero) is 1. The van der Waals surface area contributed by atoms with Crippen molar-refractivity contribution in [3.63, 3.8) is 0 Å². The molecule has 2 heterocycles. The first-order valence-corrected chi connectivity index (χ1v) is 9.48. The average molecular weight is 400 g/mol. The molecule has 0 saturated heterocycles. The number of thioether (sulfide) groups is 1. The van der Waals surface area contributed by atoms with E-state index in [9.17, 15) is 4.79 Å². The summed E-state index contributed by atoms with van der Waals surface area (Å²) in [4.78, 5) is 15.6. The van der Waals surface area contributed by atoms with Crippen LogP contribution in [0.3, 0.4) is 0 Å². The van der Waals surface area contributed by atoms with Gasteiger partial charge in [0, 0.05) is 27.7 Å². The molecular weight excluding hydrogens is 386 g/mol. The largest absolute Gasteiger partial charge is 0.484 e. The molecule has 0 fully saturated rings. The van der Waals surface area contributed by atoms with E-state index in [1.54, 1.807) is 30.5 Å². The number of ether oxygens (including phenoxy) is 1. The molecule has 0 aliphatic heterocycles. The molecule has 8 heteroatoms. The lowest BCUT2D eigenvalue weighted by Crippen LogP contribution is -2.01. The number of halogens is 1. The van der Waals surface area contributed by atoms with Crippen molar-refractivity contribution in [2.75, 3.05) is 5.75 Å². The van der Waals surface area contributed by atoms with Crippen molar-refractivity contribution in [1.29, 1.82) is 0 Å². The van der Waals surface area contributed by atoms with Crippen molar-refractivity contribution in [3.05, 3.63) is 71.2 Å². The molecule has 4 aromatic rings. The number of benzene rings is 2. The Balaban J connectivity index is 1.34. The first kappa shape index (κ1) is 17.6. The van der Waals surface area contributed by atoms with Gasteiger partial charge in [0.15, 0.2) is 12.4 Å². The second kappa shape index (κ2) is 7.85. The minimum absolute atomic E-state index is 0.00499. The third-order valence-electron chi connectivity index (χ3n) is 3.84. The molecule has 6 nitrogen and oxygen atoms in total. The van der Waals surface area contributed by atoms with E-state index in [1.807, 2.05) is 24.3 Å². The standard InChI is InChI=1S/C19H14ClN3O3S/c20-12-5-7-13(8-6-12)25-10-18-22-23-19(26-18)27-11-17(24)15-9-21-16-4-2-1-3-14(15)16/h1-9,21H,10-11H2. The quantitative estimate of drug-likeness (QED) is 0.356. The van der Waals surface area contributed by atoms with E-state index < -0.39 is 0 Å². The Hall–Kier alpha value is -2.77. The maximum atomic E-state index is 12.5. The molecule has 4 rings (SSSR count). The van der Waals surface area contributed by atoms with Gasteiger partial charge in [0.25, 0.3) is 11.1 Å². The number of aromatic nitrogens is 3.